The number of amides is 2. The molecule has 1 aliphatic rings. The second kappa shape index (κ2) is 11.4. The van der Waals surface area contributed by atoms with Gasteiger partial charge in [0.15, 0.2) is 0 Å². The van der Waals surface area contributed by atoms with Crippen molar-refractivity contribution >= 4 is 18.0 Å². The third kappa shape index (κ3) is 6.54. The molecule has 2 amide bonds. The number of esters is 1. The van der Waals surface area contributed by atoms with Crippen molar-refractivity contribution in [1.82, 2.24) is 10.2 Å². The summed E-state index contributed by atoms with van der Waals surface area (Å²) in [7, 11) is 1.27. The number of hydrogen-bond donors (Lipinski definition) is 2. The van der Waals surface area contributed by atoms with Crippen molar-refractivity contribution in [1.29, 1.82) is 0 Å². The van der Waals surface area contributed by atoms with Crippen LogP contribution in [0.1, 0.15) is 59.5 Å². The summed E-state index contributed by atoms with van der Waals surface area (Å²) in [5.41, 5.74) is 1.80. The van der Waals surface area contributed by atoms with Gasteiger partial charge in [0.25, 0.3) is 5.91 Å². The predicted molar refractivity (Wildman–Crippen MR) is 133 cm³/mol. The second-order valence-electron chi connectivity index (χ2n) is 9.56. The number of hydrogen-bond acceptors (Lipinski definition) is 7. The van der Waals surface area contributed by atoms with Crippen LogP contribution in [0.5, 0.6) is 5.75 Å². The number of fused-ring (bicyclic) bond motifs is 1. The molecule has 1 unspecified atom stereocenters. The lowest BCUT2D eigenvalue weighted by molar-refractivity contribution is -0.0113. The second-order valence-corrected chi connectivity index (χ2v) is 9.56. The minimum Gasteiger partial charge on any atom is -0.493 e. The minimum absolute atomic E-state index is 0.102. The fraction of sp³-hybridized carbons (Fsp3) is 0.444. The van der Waals surface area contributed by atoms with Gasteiger partial charge in [-0.25, -0.2) is 9.59 Å². The molecule has 0 radical (unpaired) electrons. The monoisotopic (exact) mass is 498 g/mol. The van der Waals surface area contributed by atoms with Gasteiger partial charge < -0.3 is 24.6 Å². The van der Waals surface area contributed by atoms with E-state index >= 15 is 0 Å². The van der Waals surface area contributed by atoms with Gasteiger partial charge in [0.1, 0.15) is 11.4 Å². The van der Waals surface area contributed by atoms with Crippen LogP contribution < -0.4 is 10.1 Å². The lowest BCUT2D eigenvalue weighted by Gasteiger charge is -2.40. The van der Waals surface area contributed by atoms with Crippen molar-refractivity contribution < 1.29 is 33.7 Å². The molecule has 1 aliphatic heterocycles. The van der Waals surface area contributed by atoms with Gasteiger partial charge in [-0.3, -0.25) is 9.69 Å². The van der Waals surface area contributed by atoms with E-state index in [1.165, 1.54) is 30.2 Å². The van der Waals surface area contributed by atoms with E-state index in [9.17, 15) is 19.5 Å². The molecule has 36 heavy (non-hydrogen) atoms. The minimum atomic E-state index is -1.06. The first-order valence-corrected chi connectivity index (χ1v) is 11.9. The van der Waals surface area contributed by atoms with E-state index in [0.29, 0.717) is 19.6 Å². The number of methoxy groups -OCH3 is 1. The fourth-order valence-corrected chi connectivity index (χ4v) is 4.07. The summed E-state index contributed by atoms with van der Waals surface area (Å²) in [6.45, 7) is 7.61. The van der Waals surface area contributed by atoms with Gasteiger partial charge in [0.2, 0.25) is 0 Å². The maximum absolute atomic E-state index is 13.0. The Morgan fingerprint density at radius 2 is 1.83 bits per heavy atom. The maximum atomic E-state index is 13.0. The third-order valence-corrected chi connectivity index (χ3v) is 5.78. The first-order valence-electron chi connectivity index (χ1n) is 11.9. The molecule has 1 heterocycles. The number of benzene rings is 2. The number of nitrogens with zero attached hydrogens (tertiary/aromatic N) is 1. The molecule has 2 aromatic carbocycles. The smallest absolute Gasteiger partial charge is 0.410 e. The molecule has 0 aliphatic carbocycles. The van der Waals surface area contributed by atoms with Crippen molar-refractivity contribution in [3.63, 3.8) is 0 Å². The Hall–Kier alpha value is -3.59. The number of nitrogens with one attached hydrogen (secondary N) is 1. The Morgan fingerprint density at radius 1 is 1.14 bits per heavy atom. The zero-order valence-electron chi connectivity index (χ0n) is 21.4. The summed E-state index contributed by atoms with van der Waals surface area (Å²) in [6, 6.07) is 11.5. The number of ether oxygens (including phenoxy) is 3. The largest absolute Gasteiger partial charge is 0.493 e. The van der Waals surface area contributed by atoms with Crippen LogP contribution in [0.25, 0.3) is 0 Å². The van der Waals surface area contributed by atoms with Gasteiger partial charge in [0, 0.05) is 13.1 Å². The summed E-state index contributed by atoms with van der Waals surface area (Å²) in [4.78, 5) is 39.3. The molecule has 0 fully saturated rings. The SMILES string of the molecule is CCOc1cc(C(=O)OC)ccc1C(=O)NCC(O)[C@@H]1Cc2ccccc2CN1C(=O)OC(C)(C)C. The van der Waals surface area contributed by atoms with Crippen LogP contribution in [0.2, 0.25) is 0 Å². The average molecular weight is 499 g/mol. The standard InChI is InChI=1S/C27H34N2O7/c1-6-35-23-14-18(25(32)34-5)11-12-20(23)24(31)28-15-22(30)21-13-17-9-7-8-10-19(17)16-29(21)26(33)36-27(2,3)4/h7-12,14,21-22,30H,6,13,15-16H2,1-5H3,(H,28,31)/t21-,22?/m0/s1. The van der Waals surface area contributed by atoms with Crippen LogP contribution >= 0.6 is 0 Å². The Bertz CT molecular complexity index is 1110. The highest BCUT2D eigenvalue weighted by molar-refractivity contribution is 5.99. The topological polar surface area (TPSA) is 114 Å². The van der Waals surface area contributed by atoms with Crippen LogP contribution in [-0.2, 0) is 22.4 Å². The first kappa shape index (κ1) is 27.0. The lowest BCUT2D eigenvalue weighted by atomic mass is 9.91. The van der Waals surface area contributed by atoms with Crippen molar-refractivity contribution in [2.45, 2.75) is 58.4 Å². The normalized spacial score (nSPS) is 15.9. The highest BCUT2D eigenvalue weighted by atomic mass is 16.6. The highest BCUT2D eigenvalue weighted by Crippen LogP contribution is 2.27. The zero-order valence-corrected chi connectivity index (χ0v) is 21.4. The van der Waals surface area contributed by atoms with Gasteiger partial charge in [-0.05, 0) is 63.4 Å². The molecule has 9 heteroatoms. The van der Waals surface area contributed by atoms with E-state index in [4.69, 9.17) is 14.2 Å². The van der Waals surface area contributed by atoms with Gasteiger partial charge >= 0.3 is 12.1 Å². The lowest BCUT2D eigenvalue weighted by Crippen LogP contribution is -2.54. The molecule has 9 nitrogen and oxygen atoms in total. The van der Waals surface area contributed by atoms with Gasteiger partial charge in [-0.15, -0.1) is 0 Å². The van der Waals surface area contributed by atoms with E-state index in [1.54, 1.807) is 27.7 Å². The van der Waals surface area contributed by atoms with Crippen LogP contribution in [-0.4, -0.2) is 66.0 Å². The number of rotatable bonds is 7. The van der Waals surface area contributed by atoms with E-state index < -0.39 is 35.7 Å². The van der Waals surface area contributed by atoms with Crippen molar-refractivity contribution in [3.05, 3.63) is 64.7 Å². The molecule has 194 valence electrons. The van der Waals surface area contributed by atoms with Crippen LogP contribution in [0.4, 0.5) is 4.79 Å². The van der Waals surface area contributed by atoms with E-state index in [1.807, 2.05) is 24.3 Å². The molecule has 0 saturated carbocycles. The summed E-state index contributed by atoms with van der Waals surface area (Å²) >= 11 is 0. The molecule has 0 bridgehead atoms. The van der Waals surface area contributed by atoms with Gasteiger partial charge in [-0.1, -0.05) is 24.3 Å². The fourth-order valence-electron chi connectivity index (χ4n) is 4.07. The predicted octanol–water partition coefficient (Wildman–Crippen LogP) is 3.32. The Morgan fingerprint density at radius 3 is 2.47 bits per heavy atom. The quantitative estimate of drug-likeness (QED) is 0.563. The molecule has 0 spiro atoms. The summed E-state index contributed by atoms with van der Waals surface area (Å²) < 4.78 is 15.9. The van der Waals surface area contributed by atoms with E-state index in [0.717, 1.165) is 11.1 Å². The van der Waals surface area contributed by atoms with Crippen LogP contribution in [0.3, 0.4) is 0 Å². The Balaban J connectivity index is 1.77. The molecular weight excluding hydrogens is 464 g/mol. The van der Waals surface area contributed by atoms with Crippen molar-refractivity contribution in [3.8, 4) is 5.75 Å². The van der Waals surface area contributed by atoms with Gasteiger partial charge in [-0.2, -0.15) is 0 Å². The summed E-state index contributed by atoms with van der Waals surface area (Å²) in [5, 5.41) is 13.8. The molecule has 2 N–H and O–H groups in total. The molecular formula is C27H34N2O7. The van der Waals surface area contributed by atoms with E-state index in [2.05, 4.69) is 5.32 Å². The molecule has 2 aromatic rings. The first-order chi connectivity index (χ1) is 17.0. The van der Waals surface area contributed by atoms with Crippen LogP contribution in [0.15, 0.2) is 42.5 Å². The van der Waals surface area contributed by atoms with Crippen LogP contribution in [0, 0.1) is 0 Å². The number of aliphatic hydroxyl groups is 1. The average Bonchev–Trinajstić information content (AvgIpc) is 2.84. The zero-order chi connectivity index (χ0) is 26.5. The number of carbonyl (C=O) groups is 3. The molecule has 2 atom stereocenters. The molecule has 0 aromatic heterocycles. The Labute approximate surface area is 211 Å². The summed E-state index contributed by atoms with van der Waals surface area (Å²) in [6.07, 6.45) is -1.16. The van der Waals surface area contributed by atoms with E-state index in [-0.39, 0.29) is 23.4 Å². The molecule has 0 saturated heterocycles. The number of carbonyl (C=O) groups excluding carboxylic acids is 3. The third-order valence-electron chi connectivity index (χ3n) is 5.78. The summed E-state index contributed by atoms with van der Waals surface area (Å²) in [5.74, 6) is -0.790. The van der Waals surface area contributed by atoms with Crippen molar-refractivity contribution in [2.24, 2.45) is 0 Å². The maximum Gasteiger partial charge on any atom is 0.410 e. The van der Waals surface area contributed by atoms with Gasteiger partial charge in [0.05, 0.1) is 37.0 Å². The molecule has 3 rings (SSSR count). The Kier molecular flexibility index (Phi) is 8.57. The highest BCUT2D eigenvalue weighted by Gasteiger charge is 2.37. The van der Waals surface area contributed by atoms with Crippen molar-refractivity contribution in [2.75, 3.05) is 20.3 Å². The number of aliphatic hydroxyl groups excluding tert-OH is 1.